The Hall–Kier alpha value is -0.710. The number of halogens is 1. The zero-order chi connectivity index (χ0) is 13.8. The van der Waals surface area contributed by atoms with E-state index in [4.69, 9.17) is 4.74 Å². The molecule has 2 rings (SSSR count). The van der Waals surface area contributed by atoms with Gasteiger partial charge in [0.2, 0.25) is 0 Å². The van der Waals surface area contributed by atoms with Gasteiger partial charge >= 0.3 is 0 Å². The topological polar surface area (TPSA) is 29.5 Å². The van der Waals surface area contributed by atoms with E-state index in [1.165, 1.54) is 0 Å². The lowest BCUT2D eigenvalue weighted by atomic mass is 10.0. The van der Waals surface area contributed by atoms with Gasteiger partial charge < -0.3 is 4.74 Å². The lowest BCUT2D eigenvalue weighted by Crippen LogP contribution is -2.40. The van der Waals surface area contributed by atoms with Gasteiger partial charge in [-0.2, -0.15) is 0 Å². The summed E-state index contributed by atoms with van der Waals surface area (Å²) < 4.78 is 6.61. The molecule has 1 aliphatic heterocycles. The van der Waals surface area contributed by atoms with Crippen molar-refractivity contribution in [2.75, 3.05) is 20.2 Å². The van der Waals surface area contributed by atoms with E-state index in [0.29, 0.717) is 0 Å². The monoisotopic (exact) mass is 325 g/mol. The molecule has 0 radical (unpaired) electrons. The van der Waals surface area contributed by atoms with Crippen molar-refractivity contribution >= 4 is 21.7 Å². The zero-order valence-corrected chi connectivity index (χ0v) is 13.0. The Labute approximate surface area is 123 Å². The maximum atomic E-state index is 12.4. The van der Waals surface area contributed by atoms with E-state index in [9.17, 15) is 4.79 Å². The summed E-state index contributed by atoms with van der Waals surface area (Å²) in [4.78, 5) is 14.5. The molecule has 0 saturated carbocycles. The molecule has 1 saturated heterocycles. The van der Waals surface area contributed by atoms with Crippen LogP contribution in [0, 0.1) is 0 Å². The molecule has 1 fully saturated rings. The second kappa shape index (κ2) is 6.64. The number of carbonyl (C=O) groups is 1. The van der Waals surface area contributed by atoms with Crippen LogP contribution in [-0.2, 0) is 4.74 Å². The molecule has 3 nitrogen and oxygen atoms in total. The van der Waals surface area contributed by atoms with Crippen molar-refractivity contribution in [2.45, 2.75) is 31.9 Å². The predicted octanol–water partition coefficient (Wildman–Crippen LogP) is 3.13. The molecule has 1 aliphatic rings. The number of carbonyl (C=O) groups excluding carboxylic acids is 1. The number of hydrogen-bond acceptors (Lipinski definition) is 3. The number of Topliss-reactive ketones (excluding diaryl/α,β-unsaturated/α-hetero) is 1. The number of ether oxygens (including phenoxy) is 1. The fraction of sp³-hybridized carbons (Fsp3) is 0.533. The number of hydrogen-bond donors (Lipinski definition) is 0. The first-order valence-corrected chi connectivity index (χ1v) is 7.49. The van der Waals surface area contributed by atoms with Crippen molar-refractivity contribution in [2.24, 2.45) is 0 Å². The molecule has 0 N–H and O–H groups in total. The van der Waals surface area contributed by atoms with Crippen LogP contribution < -0.4 is 0 Å². The van der Waals surface area contributed by atoms with Gasteiger partial charge in [0.05, 0.1) is 12.1 Å². The van der Waals surface area contributed by atoms with E-state index < -0.39 is 0 Å². The van der Waals surface area contributed by atoms with Crippen LogP contribution in [0.1, 0.15) is 30.1 Å². The first-order chi connectivity index (χ1) is 9.08. The van der Waals surface area contributed by atoms with Gasteiger partial charge in [0, 0.05) is 23.2 Å². The molecule has 2 unspecified atom stereocenters. The van der Waals surface area contributed by atoms with Gasteiger partial charge in [0.25, 0.3) is 0 Å². The van der Waals surface area contributed by atoms with Crippen LogP contribution in [0.15, 0.2) is 28.7 Å². The Morgan fingerprint density at radius 3 is 2.74 bits per heavy atom. The average molecular weight is 326 g/mol. The fourth-order valence-electron chi connectivity index (χ4n) is 2.32. The molecule has 1 aromatic carbocycles. The summed E-state index contributed by atoms with van der Waals surface area (Å²) in [5.41, 5.74) is 0.759. The third-order valence-corrected chi connectivity index (χ3v) is 4.21. The van der Waals surface area contributed by atoms with Crippen molar-refractivity contribution in [1.82, 2.24) is 4.90 Å². The van der Waals surface area contributed by atoms with E-state index >= 15 is 0 Å². The summed E-state index contributed by atoms with van der Waals surface area (Å²) in [7, 11) is 1.99. The Morgan fingerprint density at radius 2 is 2.16 bits per heavy atom. The lowest BCUT2D eigenvalue weighted by molar-refractivity contribution is 0.0620. The summed E-state index contributed by atoms with van der Waals surface area (Å²) in [6.07, 6.45) is 2.52. The fourth-order valence-corrected chi connectivity index (χ4v) is 2.59. The molecule has 1 heterocycles. The molecule has 19 heavy (non-hydrogen) atoms. The summed E-state index contributed by atoms with van der Waals surface area (Å²) in [5.74, 6) is 0.160. The van der Waals surface area contributed by atoms with Gasteiger partial charge in [-0.05, 0) is 38.9 Å². The van der Waals surface area contributed by atoms with Crippen LogP contribution in [0.3, 0.4) is 0 Å². The van der Waals surface area contributed by atoms with Crippen LogP contribution in [-0.4, -0.2) is 43.0 Å². The highest BCUT2D eigenvalue weighted by Crippen LogP contribution is 2.16. The summed E-state index contributed by atoms with van der Waals surface area (Å²) in [5, 5.41) is 0. The number of nitrogens with zero attached hydrogens (tertiary/aromatic N) is 1. The summed E-state index contributed by atoms with van der Waals surface area (Å²) >= 11 is 3.38. The van der Waals surface area contributed by atoms with Crippen molar-refractivity contribution in [3.05, 3.63) is 34.3 Å². The molecular weight excluding hydrogens is 306 g/mol. The molecule has 0 aliphatic carbocycles. The highest BCUT2D eigenvalue weighted by molar-refractivity contribution is 9.10. The second-order valence-electron chi connectivity index (χ2n) is 5.12. The van der Waals surface area contributed by atoms with Crippen molar-refractivity contribution in [3.63, 3.8) is 0 Å². The Balaban J connectivity index is 1.95. The molecular formula is C15H20BrNO2. The number of ketones is 1. The van der Waals surface area contributed by atoms with Gasteiger partial charge in [-0.3, -0.25) is 9.69 Å². The number of likely N-dealkylation sites (N-methyl/N-ethyl adjacent to an activating group) is 1. The number of rotatable bonds is 5. The summed E-state index contributed by atoms with van der Waals surface area (Å²) in [6.45, 7) is 3.64. The molecule has 0 amide bonds. The first-order valence-electron chi connectivity index (χ1n) is 6.69. The standard InChI is InChI=1S/C15H20BrNO2/c1-11(17(2)10-14-4-3-9-19-14)15(18)12-5-7-13(16)8-6-12/h5-8,11,14H,3-4,9-10H2,1-2H3. The molecule has 104 valence electrons. The highest BCUT2D eigenvalue weighted by Gasteiger charge is 2.24. The smallest absolute Gasteiger partial charge is 0.179 e. The lowest BCUT2D eigenvalue weighted by Gasteiger charge is -2.26. The average Bonchev–Trinajstić information content (AvgIpc) is 2.90. The van der Waals surface area contributed by atoms with E-state index in [1.807, 2.05) is 38.2 Å². The number of benzene rings is 1. The van der Waals surface area contributed by atoms with Crippen molar-refractivity contribution in [1.29, 1.82) is 0 Å². The van der Waals surface area contributed by atoms with Gasteiger partial charge in [0.1, 0.15) is 0 Å². The minimum absolute atomic E-state index is 0.120. The minimum Gasteiger partial charge on any atom is -0.377 e. The Morgan fingerprint density at radius 1 is 1.47 bits per heavy atom. The van der Waals surface area contributed by atoms with E-state index in [2.05, 4.69) is 20.8 Å². The Kier molecular flexibility index (Phi) is 5.13. The van der Waals surface area contributed by atoms with Crippen molar-refractivity contribution < 1.29 is 9.53 Å². The highest BCUT2D eigenvalue weighted by atomic mass is 79.9. The maximum Gasteiger partial charge on any atom is 0.179 e. The zero-order valence-electron chi connectivity index (χ0n) is 11.4. The minimum atomic E-state index is -0.120. The van der Waals surface area contributed by atoms with Crippen molar-refractivity contribution in [3.8, 4) is 0 Å². The largest absolute Gasteiger partial charge is 0.377 e. The predicted molar refractivity (Wildman–Crippen MR) is 79.5 cm³/mol. The van der Waals surface area contributed by atoms with Crippen LogP contribution in [0.5, 0.6) is 0 Å². The van der Waals surface area contributed by atoms with Crippen LogP contribution >= 0.6 is 15.9 Å². The Bertz CT molecular complexity index is 426. The molecule has 2 atom stereocenters. The molecule has 0 aromatic heterocycles. The van der Waals surface area contributed by atoms with Crippen LogP contribution in [0.25, 0.3) is 0 Å². The first kappa shape index (κ1) is 14.7. The SMILES string of the molecule is CC(C(=O)c1ccc(Br)cc1)N(C)CC1CCCO1. The molecule has 0 bridgehead atoms. The molecule has 1 aromatic rings. The van der Waals surface area contributed by atoms with Crippen LogP contribution in [0.4, 0.5) is 0 Å². The molecule has 0 spiro atoms. The van der Waals surface area contributed by atoms with Crippen LogP contribution in [0.2, 0.25) is 0 Å². The van der Waals surface area contributed by atoms with E-state index in [0.717, 1.165) is 36.0 Å². The van der Waals surface area contributed by atoms with Gasteiger partial charge in [-0.1, -0.05) is 28.1 Å². The third-order valence-electron chi connectivity index (χ3n) is 3.68. The molecule has 4 heteroatoms. The normalized spacial score (nSPS) is 20.7. The summed E-state index contributed by atoms with van der Waals surface area (Å²) in [6, 6.07) is 7.41. The third kappa shape index (κ3) is 3.88. The second-order valence-corrected chi connectivity index (χ2v) is 6.04. The van der Waals surface area contributed by atoms with Gasteiger partial charge in [-0.15, -0.1) is 0 Å². The quantitative estimate of drug-likeness (QED) is 0.779. The van der Waals surface area contributed by atoms with E-state index in [-0.39, 0.29) is 17.9 Å². The van der Waals surface area contributed by atoms with Gasteiger partial charge in [0.15, 0.2) is 5.78 Å². The van der Waals surface area contributed by atoms with Gasteiger partial charge in [-0.25, -0.2) is 0 Å². The maximum absolute atomic E-state index is 12.4. The van der Waals surface area contributed by atoms with E-state index in [1.54, 1.807) is 0 Å².